The number of amides is 3. The summed E-state index contributed by atoms with van der Waals surface area (Å²) in [6.45, 7) is 0. The van der Waals surface area contributed by atoms with Gasteiger partial charge in [0, 0.05) is 18.3 Å². The second-order valence-corrected chi connectivity index (χ2v) is 5.48. The highest BCUT2D eigenvalue weighted by atomic mass is 32.2. The van der Waals surface area contributed by atoms with Crippen LogP contribution in [-0.4, -0.2) is 39.4 Å². The summed E-state index contributed by atoms with van der Waals surface area (Å²) in [6, 6.07) is 6.59. The maximum Gasteiger partial charge on any atom is 0.288 e. The molecule has 0 aliphatic carbocycles. The third-order valence-electron chi connectivity index (χ3n) is 3.36. The van der Waals surface area contributed by atoms with E-state index in [2.05, 4.69) is 5.32 Å². The number of para-hydroxylation sites is 1. The van der Waals surface area contributed by atoms with E-state index in [1.807, 2.05) is 0 Å². The largest absolute Gasteiger partial charge is 0.374 e. The van der Waals surface area contributed by atoms with Crippen molar-refractivity contribution in [1.29, 1.82) is 0 Å². The lowest BCUT2D eigenvalue weighted by Gasteiger charge is -2.24. The van der Waals surface area contributed by atoms with Gasteiger partial charge in [-0.2, -0.15) is 0 Å². The molecule has 6 nitrogen and oxygen atoms in total. The Bertz CT molecular complexity index is 618. The minimum absolute atomic E-state index is 0.328. The zero-order chi connectivity index (χ0) is 13.8. The van der Waals surface area contributed by atoms with Crippen molar-refractivity contribution in [3.63, 3.8) is 0 Å². The lowest BCUT2D eigenvalue weighted by atomic mass is 9.91. The quantitative estimate of drug-likeness (QED) is 0.782. The number of benzene rings is 1. The Labute approximate surface area is 112 Å². The van der Waals surface area contributed by atoms with Gasteiger partial charge in [-0.05, 0) is 17.8 Å². The molecule has 1 saturated heterocycles. The van der Waals surface area contributed by atoms with Crippen molar-refractivity contribution in [3.8, 4) is 0 Å². The number of thioether (sulfide) groups is 1. The number of carbonyl (C=O) groups excluding carboxylic acids is 3. The summed E-state index contributed by atoms with van der Waals surface area (Å²) in [5.74, 6) is -1.24. The van der Waals surface area contributed by atoms with Crippen molar-refractivity contribution in [3.05, 3.63) is 29.8 Å². The zero-order valence-corrected chi connectivity index (χ0v) is 10.7. The Hall–Kier alpha value is -1.86. The van der Waals surface area contributed by atoms with Crippen molar-refractivity contribution in [2.75, 3.05) is 12.4 Å². The lowest BCUT2D eigenvalue weighted by molar-refractivity contribution is -0.141. The van der Waals surface area contributed by atoms with E-state index in [1.54, 1.807) is 24.3 Å². The molecule has 2 atom stereocenters. The first-order valence-electron chi connectivity index (χ1n) is 5.57. The van der Waals surface area contributed by atoms with Gasteiger partial charge in [-0.1, -0.05) is 18.2 Å². The summed E-state index contributed by atoms with van der Waals surface area (Å²) in [5.41, 5.74) is -1.21. The molecule has 0 spiro atoms. The Balaban J connectivity index is 2.12. The molecule has 3 amide bonds. The summed E-state index contributed by atoms with van der Waals surface area (Å²) in [4.78, 5) is 36.5. The molecule has 0 radical (unpaired) electrons. The minimum Gasteiger partial charge on any atom is -0.374 e. The predicted octanol–water partition coefficient (Wildman–Crippen LogP) is 0.520. The van der Waals surface area contributed by atoms with Crippen molar-refractivity contribution in [2.45, 2.75) is 10.9 Å². The number of anilines is 1. The molecule has 2 aliphatic heterocycles. The summed E-state index contributed by atoms with van der Waals surface area (Å²) in [6.07, 6.45) is 0. The van der Waals surface area contributed by atoms with Crippen LogP contribution in [0.15, 0.2) is 24.3 Å². The summed E-state index contributed by atoms with van der Waals surface area (Å²) < 4.78 is 0. The smallest absolute Gasteiger partial charge is 0.288 e. The van der Waals surface area contributed by atoms with Gasteiger partial charge < -0.3 is 10.4 Å². The highest BCUT2D eigenvalue weighted by molar-refractivity contribution is 8.15. The molecule has 0 saturated carbocycles. The third kappa shape index (κ3) is 1.45. The van der Waals surface area contributed by atoms with Crippen LogP contribution in [0.3, 0.4) is 0 Å². The molecular weight excluding hydrogens is 268 g/mol. The highest BCUT2D eigenvalue weighted by Crippen LogP contribution is 2.45. The molecule has 19 heavy (non-hydrogen) atoms. The zero-order valence-electron chi connectivity index (χ0n) is 9.91. The van der Waals surface area contributed by atoms with E-state index in [4.69, 9.17) is 0 Å². The van der Waals surface area contributed by atoms with Crippen molar-refractivity contribution in [2.24, 2.45) is 0 Å². The number of hydrogen-bond donors (Lipinski definition) is 2. The van der Waals surface area contributed by atoms with Gasteiger partial charge in [-0.25, -0.2) is 0 Å². The Morgan fingerprint density at radius 2 is 2.00 bits per heavy atom. The molecule has 7 heteroatoms. The summed E-state index contributed by atoms with van der Waals surface area (Å²) >= 11 is 0.672. The lowest BCUT2D eigenvalue weighted by Crippen LogP contribution is -2.48. The van der Waals surface area contributed by atoms with Crippen LogP contribution in [-0.2, 0) is 15.2 Å². The van der Waals surface area contributed by atoms with E-state index in [1.165, 1.54) is 7.05 Å². The van der Waals surface area contributed by atoms with Crippen molar-refractivity contribution < 1.29 is 19.5 Å². The second-order valence-electron chi connectivity index (χ2n) is 4.43. The molecule has 1 aromatic rings. The fraction of sp³-hybridized carbons (Fsp3) is 0.250. The normalized spacial score (nSPS) is 29.7. The third-order valence-corrected chi connectivity index (χ3v) is 4.61. The first-order valence-corrected chi connectivity index (χ1v) is 6.45. The van der Waals surface area contributed by atoms with Crippen LogP contribution in [0.5, 0.6) is 0 Å². The highest BCUT2D eigenvalue weighted by Gasteiger charge is 2.59. The number of hydrogen-bond acceptors (Lipinski definition) is 5. The molecule has 1 fully saturated rings. The average molecular weight is 278 g/mol. The molecule has 2 heterocycles. The number of carbonyl (C=O) groups is 3. The Morgan fingerprint density at radius 3 is 2.63 bits per heavy atom. The van der Waals surface area contributed by atoms with E-state index in [-0.39, 0.29) is 0 Å². The number of aliphatic hydroxyl groups is 1. The van der Waals surface area contributed by atoms with Gasteiger partial charge in [0.05, 0.1) is 0 Å². The average Bonchev–Trinajstić information content (AvgIpc) is 2.81. The van der Waals surface area contributed by atoms with E-state index in [0.29, 0.717) is 23.0 Å². The first-order chi connectivity index (χ1) is 8.96. The maximum atomic E-state index is 12.0. The molecule has 98 valence electrons. The number of fused-ring (bicyclic) bond motifs is 1. The van der Waals surface area contributed by atoms with Gasteiger partial charge in [0.2, 0.25) is 5.91 Å². The number of imide groups is 1. The first kappa shape index (κ1) is 12.2. The van der Waals surface area contributed by atoms with E-state index >= 15 is 0 Å². The van der Waals surface area contributed by atoms with Gasteiger partial charge >= 0.3 is 0 Å². The van der Waals surface area contributed by atoms with Gasteiger partial charge in [0.25, 0.3) is 11.1 Å². The SMILES string of the molecule is CN1C(=O)SC(C2(O)C(=O)Nc3ccccc32)C1=O. The maximum absolute atomic E-state index is 12.0. The van der Waals surface area contributed by atoms with E-state index in [0.717, 1.165) is 4.90 Å². The van der Waals surface area contributed by atoms with E-state index < -0.39 is 27.9 Å². The van der Waals surface area contributed by atoms with Crippen LogP contribution in [0.25, 0.3) is 0 Å². The molecular formula is C12H10N2O4S. The predicted molar refractivity (Wildman–Crippen MR) is 68.5 cm³/mol. The molecule has 1 aromatic carbocycles. The minimum atomic E-state index is -2.00. The standard InChI is InChI=1S/C12H10N2O4S/c1-14-9(15)8(19-11(14)17)12(18)6-4-2-3-5-7(6)13-10(12)16/h2-5,8,18H,1H3,(H,13,16). The number of nitrogens with one attached hydrogen (secondary N) is 1. The van der Waals surface area contributed by atoms with Gasteiger partial charge in [-0.15, -0.1) is 0 Å². The fourth-order valence-corrected chi connectivity index (χ4v) is 3.40. The van der Waals surface area contributed by atoms with Crippen LogP contribution in [0.2, 0.25) is 0 Å². The van der Waals surface area contributed by atoms with Crippen LogP contribution in [0, 0.1) is 0 Å². The van der Waals surface area contributed by atoms with Crippen molar-refractivity contribution in [1.82, 2.24) is 4.90 Å². The van der Waals surface area contributed by atoms with Crippen LogP contribution in [0.1, 0.15) is 5.56 Å². The van der Waals surface area contributed by atoms with Gasteiger partial charge in [-0.3, -0.25) is 19.3 Å². The molecule has 2 N–H and O–H groups in total. The topological polar surface area (TPSA) is 86.7 Å². The van der Waals surface area contributed by atoms with Crippen LogP contribution < -0.4 is 5.32 Å². The fourth-order valence-electron chi connectivity index (χ4n) is 2.28. The van der Waals surface area contributed by atoms with Gasteiger partial charge in [0.15, 0.2) is 5.60 Å². The summed E-state index contributed by atoms with van der Waals surface area (Å²) in [5, 5.41) is 11.6. The Kier molecular flexibility index (Phi) is 2.45. The Morgan fingerprint density at radius 1 is 1.32 bits per heavy atom. The van der Waals surface area contributed by atoms with Crippen LogP contribution >= 0.6 is 11.8 Å². The van der Waals surface area contributed by atoms with Crippen LogP contribution in [0.4, 0.5) is 10.5 Å². The second kappa shape index (κ2) is 3.82. The molecule has 2 aliphatic rings. The summed E-state index contributed by atoms with van der Waals surface area (Å²) in [7, 11) is 1.33. The molecule has 0 aromatic heterocycles. The van der Waals surface area contributed by atoms with Crippen molar-refractivity contribution >= 4 is 34.5 Å². The van der Waals surface area contributed by atoms with Gasteiger partial charge in [0.1, 0.15) is 5.25 Å². The van der Waals surface area contributed by atoms with E-state index in [9.17, 15) is 19.5 Å². The molecule has 2 unspecified atom stereocenters. The molecule has 3 rings (SSSR count). The number of rotatable bonds is 1. The molecule has 0 bridgehead atoms. The number of nitrogens with zero attached hydrogens (tertiary/aromatic N) is 1. The monoisotopic (exact) mass is 278 g/mol.